The molecule has 2 atom stereocenters. The van der Waals surface area contributed by atoms with Crippen LogP contribution in [-0.4, -0.2) is 18.1 Å². The van der Waals surface area contributed by atoms with Crippen LogP contribution in [0.1, 0.15) is 31.4 Å². The van der Waals surface area contributed by atoms with Gasteiger partial charge in [0.15, 0.2) is 0 Å². The minimum atomic E-state index is 0.560. The number of nitrogens with zero attached hydrogens (tertiary/aromatic N) is 2. The van der Waals surface area contributed by atoms with Crippen molar-refractivity contribution in [3.05, 3.63) is 65.7 Å². The molecule has 140 valence electrons. The highest BCUT2D eigenvalue weighted by Crippen LogP contribution is 2.30. The number of aromatic nitrogens is 1. The van der Waals surface area contributed by atoms with Gasteiger partial charge in [0, 0.05) is 18.5 Å². The van der Waals surface area contributed by atoms with Gasteiger partial charge >= 0.3 is 0 Å². The van der Waals surface area contributed by atoms with E-state index in [1.807, 2.05) is 12.1 Å². The SMILES string of the molecule is Cc1cccc(COc2cccc3ccc(N4CC(C)CC(C)C4)nc23)c1. The predicted octanol–water partition coefficient (Wildman–Crippen LogP) is 5.60. The molecule has 0 aliphatic carbocycles. The average Bonchev–Trinajstić information content (AvgIpc) is 2.65. The lowest BCUT2D eigenvalue weighted by Gasteiger charge is -2.35. The summed E-state index contributed by atoms with van der Waals surface area (Å²) >= 11 is 0. The molecule has 3 heteroatoms. The molecule has 4 rings (SSSR count). The second kappa shape index (κ2) is 7.59. The topological polar surface area (TPSA) is 25.4 Å². The Morgan fingerprint density at radius 1 is 1.00 bits per heavy atom. The highest BCUT2D eigenvalue weighted by atomic mass is 16.5. The maximum absolute atomic E-state index is 6.16. The smallest absolute Gasteiger partial charge is 0.146 e. The third-order valence-corrected chi connectivity index (χ3v) is 5.34. The van der Waals surface area contributed by atoms with Gasteiger partial charge in [-0.25, -0.2) is 4.98 Å². The Balaban J connectivity index is 1.61. The normalized spacial score (nSPS) is 20.0. The lowest BCUT2D eigenvalue weighted by Crippen LogP contribution is -2.39. The number of benzene rings is 2. The zero-order chi connectivity index (χ0) is 18.8. The largest absolute Gasteiger partial charge is 0.487 e. The van der Waals surface area contributed by atoms with Crippen LogP contribution in [0.5, 0.6) is 5.75 Å². The summed E-state index contributed by atoms with van der Waals surface area (Å²) in [7, 11) is 0. The molecule has 2 unspecified atom stereocenters. The maximum atomic E-state index is 6.16. The van der Waals surface area contributed by atoms with Crippen LogP contribution >= 0.6 is 0 Å². The Morgan fingerprint density at radius 2 is 1.78 bits per heavy atom. The molecule has 0 N–H and O–H groups in total. The minimum absolute atomic E-state index is 0.560. The van der Waals surface area contributed by atoms with Crippen LogP contribution in [0.3, 0.4) is 0 Å². The number of rotatable bonds is 4. The summed E-state index contributed by atoms with van der Waals surface area (Å²) in [5.74, 6) is 3.33. The summed E-state index contributed by atoms with van der Waals surface area (Å²) in [6, 6.07) is 18.9. The lowest BCUT2D eigenvalue weighted by molar-refractivity contribution is 0.309. The van der Waals surface area contributed by atoms with Gasteiger partial charge in [0.1, 0.15) is 23.7 Å². The first-order chi connectivity index (χ1) is 13.1. The number of hydrogen-bond acceptors (Lipinski definition) is 3. The van der Waals surface area contributed by atoms with Gasteiger partial charge in [-0.05, 0) is 48.9 Å². The molecule has 3 nitrogen and oxygen atoms in total. The second-order valence-corrected chi connectivity index (χ2v) is 8.13. The number of piperidine rings is 1. The van der Waals surface area contributed by atoms with Crippen molar-refractivity contribution >= 4 is 16.7 Å². The quantitative estimate of drug-likeness (QED) is 0.605. The zero-order valence-corrected chi connectivity index (χ0v) is 16.5. The monoisotopic (exact) mass is 360 g/mol. The Bertz CT molecular complexity index is 927. The summed E-state index contributed by atoms with van der Waals surface area (Å²) in [6.45, 7) is 9.49. The standard InChI is InChI=1S/C24H28N2O/c1-17-6-4-7-20(13-17)16-27-22-9-5-8-21-10-11-23(25-24(21)22)26-14-18(2)12-19(3)15-26/h4-11,13,18-19H,12,14-16H2,1-3H3. The molecule has 2 aromatic carbocycles. The Labute approximate surface area is 162 Å². The van der Waals surface area contributed by atoms with Gasteiger partial charge in [-0.2, -0.15) is 0 Å². The van der Waals surface area contributed by atoms with Crippen molar-refractivity contribution in [2.45, 2.75) is 33.8 Å². The van der Waals surface area contributed by atoms with Crippen molar-refractivity contribution in [1.29, 1.82) is 0 Å². The highest BCUT2D eigenvalue weighted by molar-refractivity contribution is 5.86. The number of aryl methyl sites for hydroxylation is 1. The van der Waals surface area contributed by atoms with Crippen LogP contribution in [0.4, 0.5) is 5.82 Å². The van der Waals surface area contributed by atoms with Crippen molar-refractivity contribution in [2.75, 3.05) is 18.0 Å². The van der Waals surface area contributed by atoms with Crippen molar-refractivity contribution in [1.82, 2.24) is 4.98 Å². The average molecular weight is 361 g/mol. The number of anilines is 1. The van der Waals surface area contributed by atoms with Crippen LogP contribution < -0.4 is 9.64 Å². The van der Waals surface area contributed by atoms with Crippen molar-refractivity contribution in [2.24, 2.45) is 11.8 Å². The van der Waals surface area contributed by atoms with E-state index in [0.29, 0.717) is 18.4 Å². The molecule has 27 heavy (non-hydrogen) atoms. The van der Waals surface area contributed by atoms with Gasteiger partial charge in [0.05, 0.1) is 0 Å². The van der Waals surface area contributed by atoms with Crippen LogP contribution in [-0.2, 0) is 6.61 Å². The molecular formula is C24H28N2O. The molecule has 1 aliphatic heterocycles. The molecule has 3 aromatic rings. The molecule has 0 radical (unpaired) electrons. The number of hydrogen-bond donors (Lipinski definition) is 0. The van der Waals surface area contributed by atoms with E-state index in [4.69, 9.17) is 9.72 Å². The predicted molar refractivity (Wildman–Crippen MR) is 112 cm³/mol. The molecule has 2 heterocycles. The number of fused-ring (bicyclic) bond motifs is 1. The van der Waals surface area contributed by atoms with E-state index in [1.165, 1.54) is 17.5 Å². The first-order valence-corrected chi connectivity index (χ1v) is 9.91. The molecule has 0 bridgehead atoms. The fourth-order valence-corrected chi connectivity index (χ4v) is 4.22. The summed E-state index contributed by atoms with van der Waals surface area (Å²) in [5.41, 5.74) is 3.39. The fourth-order valence-electron chi connectivity index (χ4n) is 4.22. The van der Waals surface area contributed by atoms with E-state index < -0.39 is 0 Å². The van der Waals surface area contributed by atoms with Crippen LogP contribution in [0.2, 0.25) is 0 Å². The first-order valence-electron chi connectivity index (χ1n) is 9.91. The third-order valence-electron chi connectivity index (χ3n) is 5.34. The van der Waals surface area contributed by atoms with Gasteiger partial charge in [-0.15, -0.1) is 0 Å². The Morgan fingerprint density at radius 3 is 2.56 bits per heavy atom. The molecule has 1 aliphatic rings. The molecule has 1 saturated heterocycles. The van der Waals surface area contributed by atoms with Gasteiger partial charge in [0.25, 0.3) is 0 Å². The van der Waals surface area contributed by atoms with E-state index in [2.05, 4.69) is 68.1 Å². The summed E-state index contributed by atoms with van der Waals surface area (Å²) < 4.78 is 6.16. The number of para-hydroxylation sites is 1. The van der Waals surface area contributed by atoms with E-state index in [9.17, 15) is 0 Å². The maximum Gasteiger partial charge on any atom is 0.146 e. The molecule has 0 spiro atoms. The number of ether oxygens (including phenoxy) is 1. The zero-order valence-electron chi connectivity index (χ0n) is 16.5. The second-order valence-electron chi connectivity index (χ2n) is 8.13. The summed E-state index contributed by atoms with van der Waals surface area (Å²) in [5, 5.41) is 1.12. The van der Waals surface area contributed by atoms with Gasteiger partial charge < -0.3 is 9.64 Å². The van der Waals surface area contributed by atoms with Gasteiger partial charge in [-0.1, -0.05) is 55.8 Å². The summed E-state index contributed by atoms with van der Waals surface area (Å²) in [4.78, 5) is 7.42. The van der Waals surface area contributed by atoms with E-state index in [-0.39, 0.29) is 0 Å². The first kappa shape index (κ1) is 17.8. The molecule has 0 amide bonds. The van der Waals surface area contributed by atoms with E-state index in [1.54, 1.807) is 0 Å². The van der Waals surface area contributed by atoms with Crippen molar-refractivity contribution in [3.63, 3.8) is 0 Å². The van der Waals surface area contributed by atoms with E-state index >= 15 is 0 Å². The van der Waals surface area contributed by atoms with E-state index in [0.717, 1.165) is 35.6 Å². The minimum Gasteiger partial charge on any atom is -0.487 e. The third kappa shape index (κ3) is 4.08. The highest BCUT2D eigenvalue weighted by Gasteiger charge is 2.23. The van der Waals surface area contributed by atoms with Crippen LogP contribution in [0.25, 0.3) is 10.9 Å². The fraction of sp³-hybridized carbons (Fsp3) is 0.375. The van der Waals surface area contributed by atoms with Gasteiger partial charge in [-0.3, -0.25) is 0 Å². The van der Waals surface area contributed by atoms with Gasteiger partial charge in [0.2, 0.25) is 0 Å². The molecular weight excluding hydrogens is 332 g/mol. The van der Waals surface area contributed by atoms with Crippen molar-refractivity contribution in [3.8, 4) is 5.75 Å². The Kier molecular flexibility index (Phi) is 5.02. The lowest BCUT2D eigenvalue weighted by atomic mass is 9.92. The van der Waals surface area contributed by atoms with Crippen molar-refractivity contribution < 1.29 is 4.74 Å². The molecule has 1 fully saturated rings. The van der Waals surface area contributed by atoms with Crippen LogP contribution in [0.15, 0.2) is 54.6 Å². The number of pyridine rings is 1. The summed E-state index contributed by atoms with van der Waals surface area (Å²) in [6.07, 6.45) is 1.30. The molecule has 0 saturated carbocycles. The molecule has 1 aromatic heterocycles. The Hall–Kier alpha value is -2.55. The van der Waals surface area contributed by atoms with Crippen LogP contribution in [0, 0.1) is 18.8 Å².